The maximum atomic E-state index is 6.12. The van der Waals surface area contributed by atoms with E-state index in [1.807, 2.05) is 0 Å². The first-order valence-electron chi connectivity index (χ1n) is 7.26. The van der Waals surface area contributed by atoms with E-state index >= 15 is 0 Å². The third-order valence-electron chi connectivity index (χ3n) is 3.39. The Labute approximate surface area is 125 Å². The number of thiophene rings is 1. The van der Waals surface area contributed by atoms with Gasteiger partial charge in [-0.2, -0.15) is 0 Å². The van der Waals surface area contributed by atoms with Crippen LogP contribution in [0.5, 0.6) is 0 Å². The van der Waals surface area contributed by atoms with Crippen LogP contribution in [-0.2, 0) is 11.2 Å². The van der Waals surface area contributed by atoms with Crippen LogP contribution in [0.1, 0.15) is 49.6 Å². The molecule has 0 fully saturated rings. The Bertz CT molecular complexity index is 391. The van der Waals surface area contributed by atoms with Gasteiger partial charge in [-0.25, -0.2) is 0 Å². The molecule has 0 saturated heterocycles. The zero-order valence-corrected chi connectivity index (χ0v) is 13.4. The molecule has 1 aromatic rings. The molecule has 108 valence electrons. The SMILES string of the molecule is CC(C)COCCCNC1CCCc2sc(Cl)cc21. The van der Waals surface area contributed by atoms with Crippen molar-refractivity contribution in [2.75, 3.05) is 19.8 Å². The number of hydrogen-bond acceptors (Lipinski definition) is 3. The summed E-state index contributed by atoms with van der Waals surface area (Å²) < 4.78 is 6.53. The first-order valence-corrected chi connectivity index (χ1v) is 8.45. The number of nitrogens with one attached hydrogen (secondary N) is 1. The lowest BCUT2D eigenvalue weighted by molar-refractivity contribution is 0.107. The summed E-state index contributed by atoms with van der Waals surface area (Å²) in [6.45, 7) is 7.11. The highest BCUT2D eigenvalue weighted by molar-refractivity contribution is 7.16. The maximum Gasteiger partial charge on any atom is 0.0934 e. The minimum atomic E-state index is 0.498. The summed E-state index contributed by atoms with van der Waals surface area (Å²) >= 11 is 7.86. The second-order valence-electron chi connectivity index (χ2n) is 5.65. The monoisotopic (exact) mass is 301 g/mol. The van der Waals surface area contributed by atoms with E-state index < -0.39 is 0 Å². The molecule has 0 radical (unpaired) electrons. The highest BCUT2D eigenvalue weighted by Crippen LogP contribution is 2.37. The minimum absolute atomic E-state index is 0.498. The summed E-state index contributed by atoms with van der Waals surface area (Å²) in [7, 11) is 0. The molecule has 0 bridgehead atoms. The first kappa shape index (κ1) is 15.3. The van der Waals surface area contributed by atoms with Crippen LogP contribution in [-0.4, -0.2) is 19.8 Å². The molecule has 0 aliphatic heterocycles. The van der Waals surface area contributed by atoms with Crippen molar-refractivity contribution in [2.24, 2.45) is 5.92 Å². The predicted octanol–water partition coefficient (Wildman–Crippen LogP) is 4.43. The lowest BCUT2D eigenvalue weighted by Crippen LogP contribution is -2.26. The molecule has 1 atom stereocenters. The van der Waals surface area contributed by atoms with Gasteiger partial charge in [0.15, 0.2) is 0 Å². The van der Waals surface area contributed by atoms with Crippen LogP contribution >= 0.6 is 22.9 Å². The van der Waals surface area contributed by atoms with Crippen LogP contribution in [0, 0.1) is 5.92 Å². The van der Waals surface area contributed by atoms with E-state index in [-0.39, 0.29) is 0 Å². The third kappa shape index (κ3) is 4.75. The Morgan fingerprint density at radius 3 is 3.16 bits per heavy atom. The molecule has 0 saturated carbocycles. The van der Waals surface area contributed by atoms with Crippen molar-refractivity contribution < 1.29 is 4.74 Å². The lowest BCUT2D eigenvalue weighted by atomic mass is 9.94. The van der Waals surface area contributed by atoms with Crippen molar-refractivity contribution in [1.82, 2.24) is 5.32 Å². The number of halogens is 1. The van der Waals surface area contributed by atoms with Gasteiger partial charge in [-0.15, -0.1) is 11.3 Å². The van der Waals surface area contributed by atoms with Crippen molar-refractivity contribution in [3.05, 3.63) is 20.8 Å². The van der Waals surface area contributed by atoms with Crippen LogP contribution in [0.15, 0.2) is 6.07 Å². The molecule has 19 heavy (non-hydrogen) atoms. The van der Waals surface area contributed by atoms with Gasteiger partial charge in [0.2, 0.25) is 0 Å². The quantitative estimate of drug-likeness (QED) is 0.752. The van der Waals surface area contributed by atoms with Crippen LogP contribution in [0.2, 0.25) is 4.34 Å². The summed E-state index contributed by atoms with van der Waals surface area (Å²) in [4.78, 5) is 1.48. The second-order valence-corrected chi connectivity index (χ2v) is 7.42. The molecule has 1 aromatic heterocycles. The van der Waals surface area contributed by atoms with Gasteiger partial charge in [-0.1, -0.05) is 25.4 Å². The van der Waals surface area contributed by atoms with E-state index in [2.05, 4.69) is 25.2 Å². The van der Waals surface area contributed by atoms with Crippen molar-refractivity contribution in [1.29, 1.82) is 0 Å². The van der Waals surface area contributed by atoms with E-state index in [4.69, 9.17) is 16.3 Å². The molecule has 0 amide bonds. The van der Waals surface area contributed by atoms with Crippen molar-refractivity contribution in [2.45, 2.75) is 45.6 Å². The summed E-state index contributed by atoms with van der Waals surface area (Å²) in [6.07, 6.45) is 4.77. The third-order valence-corrected chi connectivity index (χ3v) is 4.73. The zero-order valence-electron chi connectivity index (χ0n) is 11.9. The number of fused-ring (bicyclic) bond motifs is 1. The largest absolute Gasteiger partial charge is 0.381 e. The number of ether oxygens (including phenoxy) is 1. The number of rotatable bonds is 7. The molecule has 1 aliphatic carbocycles. The van der Waals surface area contributed by atoms with E-state index in [9.17, 15) is 0 Å². The van der Waals surface area contributed by atoms with Gasteiger partial charge in [-0.3, -0.25) is 0 Å². The predicted molar refractivity (Wildman–Crippen MR) is 83.3 cm³/mol. The molecule has 1 heterocycles. The fourth-order valence-corrected chi connectivity index (χ4v) is 3.89. The average molecular weight is 302 g/mol. The Kier molecular flexibility index (Phi) is 6.14. The molecule has 4 heteroatoms. The Balaban J connectivity index is 1.69. The van der Waals surface area contributed by atoms with E-state index in [0.717, 1.165) is 30.5 Å². The average Bonchev–Trinajstić information content (AvgIpc) is 2.74. The molecular weight excluding hydrogens is 278 g/mol. The normalized spacial score (nSPS) is 18.8. The Hall–Kier alpha value is -0.0900. The summed E-state index contributed by atoms with van der Waals surface area (Å²) in [6, 6.07) is 2.64. The number of hydrogen-bond donors (Lipinski definition) is 1. The molecule has 1 aliphatic rings. The highest BCUT2D eigenvalue weighted by atomic mass is 35.5. The smallest absolute Gasteiger partial charge is 0.0934 e. The van der Waals surface area contributed by atoms with Crippen molar-refractivity contribution in [3.63, 3.8) is 0 Å². The van der Waals surface area contributed by atoms with E-state index in [0.29, 0.717) is 12.0 Å². The molecule has 2 rings (SSSR count). The van der Waals surface area contributed by atoms with Gasteiger partial charge in [0.05, 0.1) is 4.34 Å². The topological polar surface area (TPSA) is 21.3 Å². The molecular formula is C15H24ClNOS. The molecule has 1 N–H and O–H groups in total. The van der Waals surface area contributed by atoms with Crippen molar-refractivity contribution in [3.8, 4) is 0 Å². The van der Waals surface area contributed by atoms with Crippen LogP contribution in [0.25, 0.3) is 0 Å². The van der Waals surface area contributed by atoms with Gasteiger partial charge in [0.1, 0.15) is 0 Å². The van der Waals surface area contributed by atoms with Gasteiger partial charge in [0.25, 0.3) is 0 Å². The maximum absolute atomic E-state index is 6.12. The fraction of sp³-hybridized carbons (Fsp3) is 0.733. The standard InChI is InChI=1S/C15H24ClNOS/c1-11(2)10-18-8-4-7-17-13-5-3-6-14-12(13)9-15(16)19-14/h9,11,13,17H,3-8,10H2,1-2H3. The Morgan fingerprint density at radius 1 is 1.53 bits per heavy atom. The van der Waals surface area contributed by atoms with Gasteiger partial charge in [0, 0.05) is 24.1 Å². The van der Waals surface area contributed by atoms with Gasteiger partial charge in [-0.05, 0) is 49.8 Å². The highest BCUT2D eigenvalue weighted by Gasteiger charge is 2.21. The molecule has 0 aromatic carbocycles. The lowest BCUT2D eigenvalue weighted by Gasteiger charge is -2.23. The van der Waals surface area contributed by atoms with Crippen LogP contribution in [0.4, 0.5) is 0 Å². The van der Waals surface area contributed by atoms with Crippen LogP contribution < -0.4 is 5.32 Å². The molecule has 0 spiro atoms. The van der Waals surface area contributed by atoms with E-state index in [1.54, 1.807) is 11.3 Å². The van der Waals surface area contributed by atoms with Gasteiger partial charge >= 0.3 is 0 Å². The first-order chi connectivity index (χ1) is 9.16. The van der Waals surface area contributed by atoms with Gasteiger partial charge < -0.3 is 10.1 Å². The molecule has 2 nitrogen and oxygen atoms in total. The minimum Gasteiger partial charge on any atom is -0.381 e. The summed E-state index contributed by atoms with van der Waals surface area (Å²) in [5, 5.41) is 3.65. The van der Waals surface area contributed by atoms with Crippen molar-refractivity contribution >= 4 is 22.9 Å². The summed E-state index contributed by atoms with van der Waals surface area (Å²) in [5.74, 6) is 0.627. The Morgan fingerprint density at radius 2 is 2.37 bits per heavy atom. The van der Waals surface area contributed by atoms with E-state index in [1.165, 1.54) is 29.7 Å². The molecule has 1 unspecified atom stereocenters. The fourth-order valence-electron chi connectivity index (χ4n) is 2.50. The number of aryl methyl sites for hydroxylation is 1. The second kappa shape index (κ2) is 7.63. The zero-order chi connectivity index (χ0) is 13.7. The van der Waals surface area contributed by atoms with Crippen LogP contribution in [0.3, 0.4) is 0 Å². The summed E-state index contributed by atoms with van der Waals surface area (Å²) in [5.41, 5.74) is 1.43.